The minimum atomic E-state index is -1.04. The van der Waals surface area contributed by atoms with Gasteiger partial charge in [-0.3, -0.25) is 9.59 Å². The average molecular weight is 466 g/mol. The summed E-state index contributed by atoms with van der Waals surface area (Å²) >= 11 is 0. The number of aliphatic hydroxyl groups excluding tert-OH is 3. The van der Waals surface area contributed by atoms with Crippen LogP contribution in [0.2, 0.25) is 0 Å². The molecule has 0 aromatic rings. The number of carbonyl (C=O) groups is 2. The van der Waals surface area contributed by atoms with E-state index in [0.717, 1.165) is 32.1 Å². The van der Waals surface area contributed by atoms with Crippen LogP contribution in [-0.4, -0.2) is 57.2 Å². The molecule has 0 heterocycles. The van der Waals surface area contributed by atoms with Crippen LogP contribution in [0.5, 0.6) is 0 Å². The molecule has 4 rings (SSSR count). The van der Waals surface area contributed by atoms with Crippen LogP contribution in [0.3, 0.4) is 0 Å². The van der Waals surface area contributed by atoms with E-state index in [-0.39, 0.29) is 35.1 Å². The first-order valence-corrected chi connectivity index (χ1v) is 13.0. The van der Waals surface area contributed by atoms with Crippen molar-refractivity contribution >= 4 is 11.9 Å². The van der Waals surface area contributed by atoms with Gasteiger partial charge in [0.25, 0.3) is 0 Å². The molecule has 188 valence electrons. The molecule has 5 N–H and O–H groups in total. The molecule has 4 saturated carbocycles. The van der Waals surface area contributed by atoms with Crippen LogP contribution in [0.15, 0.2) is 0 Å². The zero-order valence-electron chi connectivity index (χ0n) is 20.4. The third-order valence-electron chi connectivity index (χ3n) is 10.9. The minimum Gasteiger partial charge on any atom is -0.480 e. The maximum atomic E-state index is 12.0. The molecule has 4 fully saturated rings. The van der Waals surface area contributed by atoms with Crippen LogP contribution in [0, 0.1) is 46.3 Å². The Labute approximate surface area is 197 Å². The Hall–Kier alpha value is -1.18. The highest BCUT2D eigenvalue weighted by atomic mass is 16.4. The number of carboxylic acids is 1. The molecule has 1 amide bonds. The number of rotatable bonds is 6. The third kappa shape index (κ3) is 4.12. The molecule has 0 aromatic heterocycles. The quantitative estimate of drug-likeness (QED) is 0.410. The van der Waals surface area contributed by atoms with Crippen LogP contribution in [0.25, 0.3) is 0 Å². The van der Waals surface area contributed by atoms with Gasteiger partial charge in [-0.2, -0.15) is 0 Å². The second kappa shape index (κ2) is 9.12. The zero-order valence-corrected chi connectivity index (χ0v) is 20.4. The highest BCUT2D eigenvalue weighted by Crippen LogP contribution is 2.68. The lowest BCUT2D eigenvalue weighted by molar-refractivity contribution is -0.207. The molecule has 4 aliphatic carbocycles. The summed E-state index contributed by atoms with van der Waals surface area (Å²) in [6.07, 6.45) is 5.81. The fourth-order valence-electron chi connectivity index (χ4n) is 9.05. The summed E-state index contributed by atoms with van der Waals surface area (Å²) in [5, 5.41) is 44.1. The first kappa shape index (κ1) is 24.9. The number of amides is 1. The lowest BCUT2D eigenvalue weighted by Crippen LogP contribution is -2.62. The van der Waals surface area contributed by atoms with E-state index in [1.165, 1.54) is 0 Å². The predicted octanol–water partition coefficient (Wildman–Crippen LogP) is 2.56. The first-order chi connectivity index (χ1) is 15.5. The van der Waals surface area contributed by atoms with Gasteiger partial charge < -0.3 is 25.7 Å². The maximum Gasteiger partial charge on any atom is 0.322 e. The largest absolute Gasteiger partial charge is 0.480 e. The number of nitrogens with one attached hydrogen (secondary N) is 1. The van der Waals surface area contributed by atoms with Gasteiger partial charge in [-0.25, -0.2) is 0 Å². The molecular weight excluding hydrogens is 422 g/mol. The molecule has 7 heteroatoms. The van der Waals surface area contributed by atoms with Gasteiger partial charge in [-0.15, -0.1) is 0 Å². The summed E-state index contributed by atoms with van der Waals surface area (Å²) in [6, 6.07) is 0. The van der Waals surface area contributed by atoms with Gasteiger partial charge in [0, 0.05) is 6.42 Å². The summed E-state index contributed by atoms with van der Waals surface area (Å²) in [5.74, 6) is 0.823. The van der Waals surface area contributed by atoms with Gasteiger partial charge in [-0.05, 0) is 97.7 Å². The first-order valence-electron chi connectivity index (χ1n) is 13.0. The summed E-state index contributed by atoms with van der Waals surface area (Å²) in [5.41, 5.74) is -0.434. The van der Waals surface area contributed by atoms with Crippen LogP contribution in [0.4, 0.5) is 0 Å². The number of hydrogen-bond acceptors (Lipinski definition) is 5. The van der Waals surface area contributed by atoms with Crippen molar-refractivity contribution < 1.29 is 30.0 Å². The van der Waals surface area contributed by atoms with Gasteiger partial charge >= 0.3 is 5.97 Å². The Balaban J connectivity index is 1.47. The molecule has 0 saturated heterocycles. The highest BCUT2D eigenvalue weighted by Gasteiger charge is 2.65. The van der Waals surface area contributed by atoms with E-state index in [2.05, 4.69) is 26.1 Å². The van der Waals surface area contributed by atoms with E-state index in [1.54, 1.807) is 0 Å². The summed E-state index contributed by atoms with van der Waals surface area (Å²) < 4.78 is 0. The molecule has 33 heavy (non-hydrogen) atoms. The number of hydrogen-bond donors (Lipinski definition) is 5. The topological polar surface area (TPSA) is 127 Å². The SMILES string of the molecule is C[C@H](CCC(=O)NCC(=O)O)[C@H]1CCC2C3CC[C@@H]4C[C@H](O)C[C@@H](O)[C@]4(C)C3C[C@H](O)[C@@]21C. The van der Waals surface area contributed by atoms with Crippen molar-refractivity contribution in [1.82, 2.24) is 5.32 Å². The van der Waals surface area contributed by atoms with E-state index in [0.29, 0.717) is 49.4 Å². The van der Waals surface area contributed by atoms with Crippen molar-refractivity contribution in [3.8, 4) is 0 Å². The maximum absolute atomic E-state index is 12.0. The summed E-state index contributed by atoms with van der Waals surface area (Å²) in [6.45, 7) is 6.30. The van der Waals surface area contributed by atoms with E-state index in [1.807, 2.05) is 0 Å². The van der Waals surface area contributed by atoms with Gasteiger partial charge in [-0.1, -0.05) is 20.8 Å². The van der Waals surface area contributed by atoms with Gasteiger partial charge in [0.1, 0.15) is 6.54 Å². The Morgan fingerprint density at radius 1 is 0.939 bits per heavy atom. The van der Waals surface area contributed by atoms with E-state index in [9.17, 15) is 24.9 Å². The van der Waals surface area contributed by atoms with Crippen LogP contribution in [-0.2, 0) is 9.59 Å². The van der Waals surface area contributed by atoms with Gasteiger partial charge in [0.15, 0.2) is 0 Å². The third-order valence-corrected chi connectivity index (χ3v) is 10.9. The smallest absolute Gasteiger partial charge is 0.322 e. The van der Waals surface area contributed by atoms with Gasteiger partial charge in [0.2, 0.25) is 5.91 Å². The van der Waals surface area contributed by atoms with Crippen molar-refractivity contribution in [2.75, 3.05) is 6.54 Å². The monoisotopic (exact) mass is 465 g/mol. The zero-order chi connectivity index (χ0) is 24.1. The summed E-state index contributed by atoms with van der Waals surface area (Å²) in [4.78, 5) is 22.7. The molecule has 3 unspecified atom stereocenters. The number of aliphatic carboxylic acids is 1. The fraction of sp³-hybridized carbons (Fsp3) is 0.923. The number of carboxylic acid groups (broad SMARTS) is 1. The van der Waals surface area contributed by atoms with Crippen LogP contribution in [0.1, 0.15) is 78.6 Å². The lowest BCUT2D eigenvalue weighted by Gasteiger charge is -2.63. The van der Waals surface area contributed by atoms with Crippen LogP contribution >= 0.6 is 0 Å². The minimum absolute atomic E-state index is 0.194. The standard InChI is InChI=1S/C26H43NO6/c1-14(4-9-23(31)27-13-24(32)33)18-7-8-19-17-6-5-15-10-16(28)11-21(29)25(15,2)20(17)12-22(30)26(18,19)3/h14-22,28-30H,4-13H2,1-3H3,(H,27,31)(H,32,33)/t14-,15-,16+,17?,18-,19?,20?,21-,22+,25+,26-/m1/s1. The Morgan fingerprint density at radius 3 is 2.33 bits per heavy atom. The van der Waals surface area contributed by atoms with E-state index >= 15 is 0 Å². The van der Waals surface area contributed by atoms with Crippen molar-refractivity contribution in [2.45, 2.75) is 96.9 Å². The molecular formula is C26H43NO6. The van der Waals surface area contributed by atoms with E-state index < -0.39 is 24.3 Å². The normalized spacial score (nSPS) is 47.7. The molecule has 0 radical (unpaired) electrons. The molecule has 0 aromatic carbocycles. The number of fused-ring (bicyclic) bond motifs is 5. The molecule has 0 aliphatic heterocycles. The molecule has 7 nitrogen and oxygen atoms in total. The number of aliphatic hydroxyl groups is 3. The molecule has 0 spiro atoms. The van der Waals surface area contributed by atoms with E-state index in [4.69, 9.17) is 5.11 Å². The highest BCUT2D eigenvalue weighted by molar-refractivity contribution is 5.81. The van der Waals surface area contributed by atoms with Gasteiger partial charge in [0.05, 0.1) is 18.3 Å². The molecule has 0 bridgehead atoms. The van der Waals surface area contributed by atoms with Crippen molar-refractivity contribution in [3.63, 3.8) is 0 Å². The van der Waals surface area contributed by atoms with Crippen molar-refractivity contribution in [3.05, 3.63) is 0 Å². The fourth-order valence-corrected chi connectivity index (χ4v) is 9.05. The summed E-state index contributed by atoms with van der Waals surface area (Å²) in [7, 11) is 0. The van der Waals surface area contributed by atoms with Crippen molar-refractivity contribution in [2.24, 2.45) is 46.3 Å². The Bertz CT molecular complexity index is 759. The lowest BCUT2D eigenvalue weighted by atomic mass is 9.43. The Morgan fingerprint density at radius 2 is 1.64 bits per heavy atom. The van der Waals surface area contributed by atoms with Crippen molar-refractivity contribution in [1.29, 1.82) is 0 Å². The molecule has 4 aliphatic rings. The second-order valence-corrected chi connectivity index (χ2v) is 12.1. The van der Waals surface area contributed by atoms with Crippen LogP contribution < -0.4 is 5.32 Å². The Kier molecular flexibility index (Phi) is 6.89. The average Bonchev–Trinajstić information content (AvgIpc) is 3.11. The second-order valence-electron chi connectivity index (χ2n) is 12.1. The predicted molar refractivity (Wildman–Crippen MR) is 123 cm³/mol. The molecule has 11 atom stereocenters. The number of carbonyl (C=O) groups excluding carboxylic acids is 1.